The summed E-state index contributed by atoms with van der Waals surface area (Å²) in [5, 5.41) is 7.34. The first-order valence-corrected chi connectivity index (χ1v) is 10.0. The molecule has 1 amide bonds. The fraction of sp³-hybridized carbons (Fsp3) is 0.550. The third-order valence-corrected chi connectivity index (χ3v) is 6.28. The molecule has 1 saturated carbocycles. The highest BCUT2D eigenvalue weighted by molar-refractivity contribution is 7.71. The van der Waals surface area contributed by atoms with Gasteiger partial charge < -0.3 is 9.47 Å². The molecule has 1 aliphatic carbocycles. The van der Waals surface area contributed by atoms with Gasteiger partial charge in [0.1, 0.15) is 5.82 Å². The van der Waals surface area contributed by atoms with Gasteiger partial charge in [0.15, 0.2) is 4.77 Å². The summed E-state index contributed by atoms with van der Waals surface area (Å²) in [6.07, 6.45) is 2.93. The highest BCUT2D eigenvalue weighted by atomic mass is 32.1. The summed E-state index contributed by atoms with van der Waals surface area (Å²) in [4.78, 5) is 15.0. The van der Waals surface area contributed by atoms with E-state index in [0.717, 1.165) is 44.7 Å². The van der Waals surface area contributed by atoms with Crippen molar-refractivity contribution in [3.05, 3.63) is 46.0 Å². The molecule has 2 aliphatic rings. The van der Waals surface area contributed by atoms with E-state index in [2.05, 4.69) is 57.8 Å². The third kappa shape index (κ3) is 3.11. The van der Waals surface area contributed by atoms with Crippen LogP contribution < -0.4 is 0 Å². The normalized spacial score (nSPS) is 23.2. The molecular formula is C20H26N4OS. The number of hydrogen-bond acceptors (Lipinski definition) is 3. The number of rotatable bonds is 4. The lowest BCUT2D eigenvalue weighted by molar-refractivity contribution is -0.133. The number of H-pyrrole nitrogens is 1. The van der Waals surface area contributed by atoms with Crippen molar-refractivity contribution in [1.29, 1.82) is 0 Å². The van der Waals surface area contributed by atoms with Crippen LogP contribution in [0.4, 0.5) is 0 Å². The maximum atomic E-state index is 12.9. The number of benzene rings is 1. The molecular weight excluding hydrogens is 344 g/mol. The number of piperidine rings is 1. The van der Waals surface area contributed by atoms with Gasteiger partial charge in [0.2, 0.25) is 5.91 Å². The van der Waals surface area contributed by atoms with E-state index < -0.39 is 0 Å². The number of aromatic nitrogens is 3. The first kappa shape index (κ1) is 17.5. The Hall–Kier alpha value is -1.95. The largest absolute Gasteiger partial charge is 0.342 e. The predicted molar refractivity (Wildman–Crippen MR) is 104 cm³/mol. The van der Waals surface area contributed by atoms with Crippen LogP contribution in [0.15, 0.2) is 24.3 Å². The van der Waals surface area contributed by atoms with Gasteiger partial charge in [-0.15, -0.1) is 0 Å². The Bertz CT molecular complexity index is 863. The van der Waals surface area contributed by atoms with Crippen LogP contribution >= 0.6 is 12.2 Å². The number of aryl methyl sites for hydroxylation is 1. The van der Waals surface area contributed by atoms with Crippen molar-refractivity contribution >= 4 is 18.1 Å². The van der Waals surface area contributed by atoms with E-state index in [9.17, 15) is 4.79 Å². The van der Waals surface area contributed by atoms with E-state index >= 15 is 0 Å². The summed E-state index contributed by atoms with van der Waals surface area (Å²) < 4.78 is 2.77. The van der Waals surface area contributed by atoms with Gasteiger partial charge in [0, 0.05) is 31.5 Å². The standard InChI is InChI=1S/C20H26N4OS/c1-3-24-18(21-22-20(24)26)14-8-10-23(11-9-14)19(25)17-12-16(17)15-7-5-4-6-13(15)2/h4-7,14,16-17H,3,8-12H2,1-2H3,(H,22,26). The van der Waals surface area contributed by atoms with Gasteiger partial charge in [-0.05, 0) is 62.4 Å². The molecule has 4 rings (SSSR count). The van der Waals surface area contributed by atoms with Crippen molar-refractivity contribution in [3.63, 3.8) is 0 Å². The Morgan fingerprint density at radius 1 is 1.31 bits per heavy atom. The van der Waals surface area contributed by atoms with Crippen molar-refractivity contribution in [1.82, 2.24) is 19.7 Å². The van der Waals surface area contributed by atoms with E-state index in [0.29, 0.717) is 22.5 Å². The maximum absolute atomic E-state index is 12.9. The van der Waals surface area contributed by atoms with E-state index in [1.54, 1.807) is 0 Å². The number of nitrogens with zero attached hydrogens (tertiary/aromatic N) is 3. The van der Waals surface area contributed by atoms with Crippen molar-refractivity contribution < 1.29 is 4.79 Å². The van der Waals surface area contributed by atoms with Crippen LogP contribution in [-0.4, -0.2) is 38.7 Å². The highest BCUT2D eigenvalue weighted by Gasteiger charge is 2.46. The third-order valence-electron chi connectivity index (χ3n) is 5.97. The second-order valence-corrected chi connectivity index (χ2v) is 7.92. The maximum Gasteiger partial charge on any atom is 0.226 e. The van der Waals surface area contributed by atoms with Gasteiger partial charge in [-0.2, -0.15) is 5.10 Å². The molecule has 2 fully saturated rings. The van der Waals surface area contributed by atoms with Crippen molar-refractivity contribution in [2.75, 3.05) is 13.1 Å². The molecule has 1 aromatic heterocycles. The molecule has 0 radical (unpaired) electrons. The SMILES string of the molecule is CCn1c(C2CCN(C(=O)C3CC3c3ccccc3C)CC2)n[nH]c1=S. The molecule has 2 unspecified atom stereocenters. The van der Waals surface area contributed by atoms with Gasteiger partial charge in [-0.25, -0.2) is 0 Å². The summed E-state index contributed by atoms with van der Waals surface area (Å²) in [5.74, 6) is 2.37. The molecule has 1 N–H and O–H groups in total. The van der Waals surface area contributed by atoms with Crippen molar-refractivity contribution in [3.8, 4) is 0 Å². The number of amides is 1. The molecule has 2 heterocycles. The zero-order valence-corrected chi connectivity index (χ0v) is 16.3. The van der Waals surface area contributed by atoms with Crippen LogP contribution in [0.2, 0.25) is 0 Å². The quantitative estimate of drug-likeness (QED) is 0.834. The zero-order chi connectivity index (χ0) is 18.3. The Labute approximate surface area is 159 Å². The van der Waals surface area contributed by atoms with E-state index in [4.69, 9.17) is 12.2 Å². The lowest BCUT2D eigenvalue weighted by Crippen LogP contribution is -2.39. The highest BCUT2D eigenvalue weighted by Crippen LogP contribution is 2.49. The topological polar surface area (TPSA) is 53.9 Å². The second-order valence-electron chi connectivity index (χ2n) is 7.54. The first-order valence-electron chi connectivity index (χ1n) is 9.59. The summed E-state index contributed by atoms with van der Waals surface area (Å²) >= 11 is 5.30. The number of carbonyl (C=O) groups is 1. The molecule has 1 aromatic carbocycles. The number of carbonyl (C=O) groups excluding carboxylic acids is 1. The Morgan fingerprint density at radius 2 is 2.04 bits per heavy atom. The van der Waals surface area contributed by atoms with Gasteiger partial charge in [-0.1, -0.05) is 24.3 Å². The molecule has 2 atom stereocenters. The lowest BCUT2D eigenvalue weighted by atomic mass is 9.95. The summed E-state index contributed by atoms with van der Waals surface area (Å²) in [7, 11) is 0. The Morgan fingerprint density at radius 3 is 2.73 bits per heavy atom. The number of likely N-dealkylation sites (tertiary alicyclic amines) is 1. The van der Waals surface area contributed by atoms with Crippen molar-refractivity contribution in [2.45, 2.75) is 51.5 Å². The van der Waals surface area contributed by atoms with E-state index in [-0.39, 0.29) is 5.92 Å². The first-order chi connectivity index (χ1) is 12.6. The van der Waals surface area contributed by atoms with Crippen LogP contribution in [-0.2, 0) is 11.3 Å². The minimum absolute atomic E-state index is 0.179. The molecule has 26 heavy (non-hydrogen) atoms. The lowest BCUT2D eigenvalue weighted by Gasteiger charge is -2.32. The van der Waals surface area contributed by atoms with Gasteiger partial charge in [0.05, 0.1) is 0 Å². The van der Waals surface area contributed by atoms with Gasteiger partial charge >= 0.3 is 0 Å². The fourth-order valence-corrected chi connectivity index (χ4v) is 4.62. The molecule has 138 valence electrons. The average molecular weight is 371 g/mol. The van der Waals surface area contributed by atoms with E-state index in [1.165, 1.54) is 11.1 Å². The summed E-state index contributed by atoms with van der Waals surface area (Å²) in [6.45, 7) is 6.71. The average Bonchev–Trinajstić information content (AvgIpc) is 3.36. The number of nitrogens with one attached hydrogen (secondary N) is 1. The van der Waals surface area contributed by atoms with Gasteiger partial charge in [0.25, 0.3) is 0 Å². The molecule has 6 heteroatoms. The minimum atomic E-state index is 0.179. The van der Waals surface area contributed by atoms with Crippen LogP contribution in [0, 0.1) is 17.6 Å². The van der Waals surface area contributed by atoms with Crippen molar-refractivity contribution in [2.24, 2.45) is 5.92 Å². The van der Waals surface area contributed by atoms with Gasteiger partial charge in [-0.3, -0.25) is 9.89 Å². The smallest absolute Gasteiger partial charge is 0.226 e. The molecule has 1 saturated heterocycles. The van der Waals surface area contributed by atoms with Crippen LogP contribution in [0.1, 0.15) is 55.0 Å². The Kier molecular flexibility index (Phi) is 4.69. The monoisotopic (exact) mass is 370 g/mol. The summed E-state index contributed by atoms with van der Waals surface area (Å²) in [5.41, 5.74) is 2.65. The minimum Gasteiger partial charge on any atom is -0.342 e. The number of hydrogen-bond donors (Lipinski definition) is 1. The molecule has 0 spiro atoms. The molecule has 5 nitrogen and oxygen atoms in total. The Balaban J connectivity index is 1.37. The molecule has 0 bridgehead atoms. The van der Waals surface area contributed by atoms with E-state index in [1.807, 2.05) is 0 Å². The second kappa shape index (κ2) is 6.99. The fourth-order valence-electron chi connectivity index (χ4n) is 4.35. The molecule has 1 aliphatic heterocycles. The summed E-state index contributed by atoms with van der Waals surface area (Å²) in [6, 6.07) is 8.45. The van der Waals surface area contributed by atoms with Crippen LogP contribution in [0.3, 0.4) is 0 Å². The van der Waals surface area contributed by atoms with Crippen LogP contribution in [0.25, 0.3) is 0 Å². The number of aromatic amines is 1. The predicted octanol–water partition coefficient (Wildman–Crippen LogP) is 3.78. The van der Waals surface area contributed by atoms with Crippen LogP contribution in [0.5, 0.6) is 0 Å². The zero-order valence-electron chi connectivity index (χ0n) is 15.4. The molecule has 2 aromatic rings.